The lowest BCUT2D eigenvalue weighted by molar-refractivity contribution is 0.675. The number of allylic oxidation sites excluding steroid dienone is 1. The molecule has 0 saturated heterocycles. The Hall–Kier alpha value is -0.760. The maximum atomic E-state index is 4.24. The molecule has 0 atom stereocenters. The van der Waals surface area contributed by atoms with E-state index in [1.807, 2.05) is 24.4 Å². The van der Waals surface area contributed by atoms with Crippen molar-refractivity contribution in [3.8, 4) is 0 Å². The Morgan fingerprint density at radius 3 is 2.93 bits per heavy atom. The summed E-state index contributed by atoms with van der Waals surface area (Å²) in [5.74, 6) is 0. The van der Waals surface area contributed by atoms with Crippen LogP contribution in [0.15, 0.2) is 40.9 Å². The smallest absolute Gasteiger partial charge is 0.100 e. The zero-order chi connectivity index (χ0) is 10.8. The Kier molecular flexibility index (Phi) is 7.01. The molecule has 0 radical (unpaired) electrons. The minimum atomic E-state index is 1.07. The molecule has 15 heavy (non-hydrogen) atoms. The van der Waals surface area contributed by atoms with Crippen LogP contribution in [0.3, 0.4) is 0 Å². The summed E-state index contributed by atoms with van der Waals surface area (Å²) in [6.07, 6.45) is 10.6. The SMILES string of the molecule is CCCCCC/C=C/Sc1ccccn1. The molecule has 0 spiro atoms. The average molecular weight is 221 g/mol. The number of hydrogen-bond acceptors (Lipinski definition) is 2. The highest BCUT2D eigenvalue weighted by Gasteiger charge is 1.88. The molecule has 82 valence electrons. The molecule has 0 bridgehead atoms. The predicted molar refractivity (Wildman–Crippen MR) is 68.0 cm³/mol. The number of nitrogens with zero attached hydrogens (tertiary/aromatic N) is 1. The maximum absolute atomic E-state index is 4.24. The average Bonchev–Trinajstić information content (AvgIpc) is 2.29. The quantitative estimate of drug-likeness (QED) is 0.490. The molecular weight excluding hydrogens is 202 g/mol. The molecule has 1 nitrogen and oxygen atoms in total. The van der Waals surface area contributed by atoms with E-state index in [2.05, 4.69) is 23.4 Å². The molecule has 0 aliphatic carbocycles. The first-order valence-corrected chi connectivity index (χ1v) is 6.54. The van der Waals surface area contributed by atoms with Crippen LogP contribution in [0.1, 0.15) is 39.0 Å². The van der Waals surface area contributed by atoms with Gasteiger partial charge in [0, 0.05) is 6.20 Å². The van der Waals surface area contributed by atoms with Gasteiger partial charge in [0.2, 0.25) is 0 Å². The van der Waals surface area contributed by atoms with Crippen molar-refractivity contribution in [3.63, 3.8) is 0 Å². The Morgan fingerprint density at radius 1 is 1.27 bits per heavy atom. The number of unbranched alkanes of at least 4 members (excludes halogenated alkanes) is 4. The van der Waals surface area contributed by atoms with Gasteiger partial charge in [-0.2, -0.15) is 0 Å². The van der Waals surface area contributed by atoms with Gasteiger partial charge in [-0.15, -0.1) is 0 Å². The van der Waals surface area contributed by atoms with Crippen LogP contribution in [0.25, 0.3) is 0 Å². The van der Waals surface area contributed by atoms with Gasteiger partial charge in [0.1, 0.15) is 5.03 Å². The van der Waals surface area contributed by atoms with Crippen molar-refractivity contribution in [3.05, 3.63) is 35.9 Å². The largest absolute Gasteiger partial charge is 0.250 e. The normalized spacial score (nSPS) is 11.0. The van der Waals surface area contributed by atoms with Gasteiger partial charge in [-0.3, -0.25) is 0 Å². The molecule has 0 aromatic carbocycles. The third-order valence-electron chi connectivity index (χ3n) is 2.15. The van der Waals surface area contributed by atoms with E-state index in [9.17, 15) is 0 Å². The van der Waals surface area contributed by atoms with Crippen LogP contribution in [-0.2, 0) is 0 Å². The lowest BCUT2D eigenvalue weighted by Gasteiger charge is -1.95. The number of thioether (sulfide) groups is 1. The first kappa shape index (κ1) is 12.3. The summed E-state index contributed by atoms with van der Waals surface area (Å²) in [6, 6.07) is 6.00. The van der Waals surface area contributed by atoms with Gasteiger partial charge in [-0.25, -0.2) is 4.98 Å². The second-order valence-corrected chi connectivity index (χ2v) is 4.43. The van der Waals surface area contributed by atoms with Crippen LogP contribution >= 0.6 is 11.8 Å². The zero-order valence-corrected chi connectivity index (χ0v) is 10.2. The molecule has 0 amide bonds. The summed E-state index contributed by atoms with van der Waals surface area (Å²) >= 11 is 1.69. The summed E-state index contributed by atoms with van der Waals surface area (Å²) in [7, 11) is 0. The van der Waals surface area contributed by atoms with E-state index in [1.165, 1.54) is 32.1 Å². The van der Waals surface area contributed by atoms with Crippen LogP contribution < -0.4 is 0 Å². The monoisotopic (exact) mass is 221 g/mol. The highest BCUT2D eigenvalue weighted by atomic mass is 32.2. The predicted octanol–water partition coefficient (Wildman–Crippen LogP) is 4.66. The van der Waals surface area contributed by atoms with Gasteiger partial charge in [-0.1, -0.05) is 50.1 Å². The lowest BCUT2D eigenvalue weighted by Crippen LogP contribution is -1.74. The summed E-state index contributed by atoms with van der Waals surface area (Å²) in [6.45, 7) is 2.24. The molecule has 1 aromatic heterocycles. The molecule has 1 aromatic rings. The van der Waals surface area contributed by atoms with E-state index >= 15 is 0 Å². The summed E-state index contributed by atoms with van der Waals surface area (Å²) in [5.41, 5.74) is 0. The fraction of sp³-hybridized carbons (Fsp3) is 0.462. The second-order valence-electron chi connectivity index (χ2n) is 3.51. The highest BCUT2D eigenvalue weighted by molar-refractivity contribution is 8.02. The standard InChI is InChI=1S/C13H19NS/c1-2-3-4-5-6-9-12-15-13-10-7-8-11-14-13/h7-12H,2-6H2,1H3/b12-9+. The van der Waals surface area contributed by atoms with Crippen molar-refractivity contribution in [2.24, 2.45) is 0 Å². The number of pyridine rings is 1. The van der Waals surface area contributed by atoms with Gasteiger partial charge < -0.3 is 0 Å². The van der Waals surface area contributed by atoms with Gasteiger partial charge >= 0.3 is 0 Å². The van der Waals surface area contributed by atoms with Crippen LogP contribution in [0.5, 0.6) is 0 Å². The van der Waals surface area contributed by atoms with Crippen molar-refractivity contribution in [2.45, 2.75) is 44.1 Å². The van der Waals surface area contributed by atoms with Crippen molar-refractivity contribution in [1.29, 1.82) is 0 Å². The van der Waals surface area contributed by atoms with E-state index in [0.29, 0.717) is 0 Å². The van der Waals surface area contributed by atoms with Crippen LogP contribution in [0.2, 0.25) is 0 Å². The molecule has 0 aliphatic heterocycles. The summed E-state index contributed by atoms with van der Waals surface area (Å²) < 4.78 is 0. The number of aromatic nitrogens is 1. The minimum Gasteiger partial charge on any atom is -0.250 e. The number of hydrogen-bond donors (Lipinski definition) is 0. The Balaban J connectivity index is 2.07. The molecule has 2 heteroatoms. The maximum Gasteiger partial charge on any atom is 0.100 e. The molecule has 0 aliphatic rings. The summed E-state index contributed by atoms with van der Waals surface area (Å²) in [5, 5.41) is 3.22. The van der Waals surface area contributed by atoms with Gasteiger partial charge in [0.05, 0.1) is 0 Å². The van der Waals surface area contributed by atoms with Gasteiger partial charge in [-0.05, 0) is 30.4 Å². The molecule has 0 saturated carbocycles. The fourth-order valence-electron chi connectivity index (χ4n) is 1.29. The van der Waals surface area contributed by atoms with E-state index < -0.39 is 0 Å². The molecule has 0 N–H and O–H groups in total. The van der Waals surface area contributed by atoms with Crippen molar-refractivity contribution >= 4 is 11.8 Å². The third-order valence-corrected chi connectivity index (χ3v) is 2.96. The Labute approximate surface area is 97.0 Å². The first-order chi connectivity index (χ1) is 7.43. The third kappa shape index (κ3) is 6.34. The van der Waals surface area contributed by atoms with Crippen LogP contribution in [0.4, 0.5) is 0 Å². The minimum absolute atomic E-state index is 1.07. The van der Waals surface area contributed by atoms with E-state index in [0.717, 1.165) is 5.03 Å². The van der Waals surface area contributed by atoms with E-state index in [4.69, 9.17) is 0 Å². The molecule has 1 heterocycles. The number of rotatable bonds is 7. The zero-order valence-electron chi connectivity index (χ0n) is 9.36. The Morgan fingerprint density at radius 2 is 2.20 bits per heavy atom. The van der Waals surface area contributed by atoms with Gasteiger partial charge in [0.15, 0.2) is 0 Å². The van der Waals surface area contributed by atoms with Crippen LogP contribution in [0, 0.1) is 0 Å². The Bertz CT molecular complexity index is 269. The molecular formula is C13H19NS. The second kappa shape index (κ2) is 8.54. The molecule has 0 fully saturated rings. The van der Waals surface area contributed by atoms with Gasteiger partial charge in [0.25, 0.3) is 0 Å². The van der Waals surface area contributed by atoms with E-state index in [-0.39, 0.29) is 0 Å². The van der Waals surface area contributed by atoms with Crippen molar-refractivity contribution in [1.82, 2.24) is 4.98 Å². The van der Waals surface area contributed by atoms with Crippen molar-refractivity contribution < 1.29 is 0 Å². The summed E-state index contributed by atoms with van der Waals surface area (Å²) in [4.78, 5) is 4.24. The first-order valence-electron chi connectivity index (χ1n) is 5.66. The highest BCUT2D eigenvalue weighted by Crippen LogP contribution is 2.15. The molecule has 1 rings (SSSR count). The van der Waals surface area contributed by atoms with E-state index in [1.54, 1.807) is 11.8 Å². The van der Waals surface area contributed by atoms with Crippen LogP contribution in [-0.4, -0.2) is 4.98 Å². The topological polar surface area (TPSA) is 12.9 Å². The fourth-order valence-corrected chi connectivity index (χ4v) is 1.94. The molecule has 0 unspecified atom stereocenters. The van der Waals surface area contributed by atoms with Crippen molar-refractivity contribution in [2.75, 3.05) is 0 Å². The lowest BCUT2D eigenvalue weighted by atomic mass is 10.2.